The second-order valence-electron chi connectivity index (χ2n) is 3.11. The first-order valence-electron chi connectivity index (χ1n) is 4.26. The molecule has 0 saturated carbocycles. The molecule has 0 spiro atoms. The lowest BCUT2D eigenvalue weighted by Crippen LogP contribution is -2.34. The smallest absolute Gasteiger partial charge is 0.186 e. The van der Waals surface area contributed by atoms with E-state index in [-0.39, 0.29) is 0 Å². The van der Waals surface area contributed by atoms with Crippen LogP contribution in [0.15, 0.2) is 5.38 Å². The standard InChI is InChI=1S/C8H10ClFN2S/c9-7-5-13-8(11-7)12-3-1-6(10)2-4-12/h5-6H,1-4H2. The minimum absolute atomic E-state index is 0.530. The summed E-state index contributed by atoms with van der Waals surface area (Å²) in [6.07, 6.45) is 0.584. The molecule has 0 radical (unpaired) electrons. The van der Waals surface area contributed by atoms with Crippen molar-refractivity contribution in [1.82, 2.24) is 4.98 Å². The highest BCUT2D eigenvalue weighted by molar-refractivity contribution is 7.14. The molecule has 2 heterocycles. The lowest BCUT2D eigenvalue weighted by atomic mass is 10.1. The van der Waals surface area contributed by atoms with Crippen LogP contribution < -0.4 is 4.90 Å². The zero-order valence-electron chi connectivity index (χ0n) is 7.04. The number of halogens is 2. The molecule has 13 heavy (non-hydrogen) atoms. The van der Waals surface area contributed by atoms with Crippen LogP contribution in [0.5, 0.6) is 0 Å². The van der Waals surface area contributed by atoms with Crippen molar-refractivity contribution < 1.29 is 4.39 Å². The normalized spacial score (nSPS) is 19.4. The first-order chi connectivity index (χ1) is 6.25. The summed E-state index contributed by atoms with van der Waals surface area (Å²) in [7, 11) is 0. The van der Waals surface area contributed by atoms with Gasteiger partial charge in [-0.1, -0.05) is 11.6 Å². The Bertz CT molecular complexity index is 283. The van der Waals surface area contributed by atoms with Crippen LogP contribution in [-0.2, 0) is 0 Å². The van der Waals surface area contributed by atoms with E-state index in [2.05, 4.69) is 9.88 Å². The molecular formula is C8H10ClFN2S. The number of hydrogen-bond donors (Lipinski definition) is 0. The average molecular weight is 221 g/mol. The topological polar surface area (TPSA) is 16.1 Å². The molecule has 0 atom stereocenters. The van der Waals surface area contributed by atoms with Crippen LogP contribution in [0.3, 0.4) is 0 Å². The molecule has 1 fully saturated rings. The van der Waals surface area contributed by atoms with Crippen LogP contribution in [0.2, 0.25) is 5.15 Å². The lowest BCUT2D eigenvalue weighted by molar-refractivity contribution is 0.277. The number of aromatic nitrogens is 1. The van der Waals surface area contributed by atoms with Crippen molar-refractivity contribution >= 4 is 28.1 Å². The molecule has 5 heteroatoms. The number of anilines is 1. The fraction of sp³-hybridized carbons (Fsp3) is 0.625. The Kier molecular flexibility index (Phi) is 2.69. The van der Waals surface area contributed by atoms with Gasteiger partial charge >= 0.3 is 0 Å². The predicted octanol–water partition coefficient (Wildman–Crippen LogP) is 2.73. The second-order valence-corrected chi connectivity index (χ2v) is 4.34. The molecule has 72 valence electrons. The summed E-state index contributed by atoms with van der Waals surface area (Å²) in [5.41, 5.74) is 0. The summed E-state index contributed by atoms with van der Waals surface area (Å²) in [4.78, 5) is 6.24. The third-order valence-electron chi connectivity index (χ3n) is 2.16. The van der Waals surface area contributed by atoms with E-state index < -0.39 is 6.17 Å². The summed E-state index contributed by atoms with van der Waals surface area (Å²) in [5.74, 6) is 0. The van der Waals surface area contributed by atoms with Crippen LogP contribution in [0.25, 0.3) is 0 Å². The van der Waals surface area contributed by atoms with Crippen molar-refractivity contribution in [1.29, 1.82) is 0 Å². The van der Waals surface area contributed by atoms with Gasteiger partial charge < -0.3 is 4.90 Å². The summed E-state index contributed by atoms with van der Waals surface area (Å²) >= 11 is 7.22. The van der Waals surface area contributed by atoms with E-state index in [4.69, 9.17) is 11.6 Å². The Morgan fingerprint density at radius 1 is 1.54 bits per heavy atom. The Morgan fingerprint density at radius 3 is 2.77 bits per heavy atom. The molecule has 1 aliphatic rings. The number of piperidine rings is 1. The van der Waals surface area contributed by atoms with Gasteiger partial charge in [0, 0.05) is 18.5 Å². The van der Waals surface area contributed by atoms with Crippen LogP contribution in [0, 0.1) is 0 Å². The lowest BCUT2D eigenvalue weighted by Gasteiger charge is -2.27. The van der Waals surface area contributed by atoms with Crippen molar-refractivity contribution in [2.75, 3.05) is 18.0 Å². The minimum Gasteiger partial charge on any atom is -0.348 e. The van der Waals surface area contributed by atoms with Crippen molar-refractivity contribution in [3.63, 3.8) is 0 Å². The largest absolute Gasteiger partial charge is 0.348 e. The number of nitrogens with zero attached hydrogens (tertiary/aromatic N) is 2. The van der Waals surface area contributed by atoms with Crippen molar-refractivity contribution in [3.05, 3.63) is 10.5 Å². The van der Waals surface area contributed by atoms with Crippen molar-refractivity contribution in [3.8, 4) is 0 Å². The zero-order valence-corrected chi connectivity index (χ0v) is 8.61. The molecule has 2 nitrogen and oxygen atoms in total. The molecule has 0 amide bonds. The van der Waals surface area contributed by atoms with Gasteiger partial charge in [0.05, 0.1) is 0 Å². The Hall–Kier alpha value is -0.350. The van der Waals surface area contributed by atoms with E-state index in [1.165, 1.54) is 11.3 Å². The first-order valence-corrected chi connectivity index (χ1v) is 5.51. The van der Waals surface area contributed by atoms with E-state index >= 15 is 0 Å². The van der Waals surface area contributed by atoms with E-state index in [9.17, 15) is 4.39 Å². The molecule has 1 aromatic heterocycles. The molecule has 1 aliphatic heterocycles. The maximum atomic E-state index is 12.8. The number of hydrogen-bond acceptors (Lipinski definition) is 3. The maximum Gasteiger partial charge on any atom is 0.186 e. The SMILES string of the molecule is FC1CCN(c2nc(Cl)cs2)CC1. The van der Waals surface area contributed by atoms with Crippen molar-refractivity contribution in [2.45, 2.75) is 19.0 Å². The van der Waals surface area contributed by atoms with E-state index in [1.807, 2.05) is 0 Å². The molecule has 1 aromatic rings. The summed E-state index contributed by atoms with van der Waals surface area (Å²) in [5, 5.41) is 3.25. The molecule has 0 bridgehead atoms. The fourth-order valence-corrected chi connectivity index (χ4v) is 2.43. The summed E-state index contributed by atoms with van der Waals surface area (Å²) < 4.78 is 12.8. The van der Waals surface area contributed by atoms with E-state index in [0.29, 0.717) is 18.0 Å². The van der Waals surface area contributed by atoms with Crippen LogP contribution in [0.4, 0.5) is 9.52 Å². The van der Waals surface area contributed by atoms with Gasteiger partial charge in [0.15, 0.2) is 5.13 Å². The Balaban J connectivity index is 2.02. The third-order valence-corrected chi connectivity index (χ3v) is 3.38. The van der Waals surface area contributed by atoms with E-state index in [1.54, 1.807) is 5.38 Å². The van der Waals surface area contributed by atoms with Crippen LogP contribution in [0.1, 0.15) is 12.8 Å². The molecule has 0 N–H and O–H groups in total. The monoisotopic (exact) mass is 220 g/mol. The summed E-state index contributed by atoms with van der Waals surface area (Å²) in [6, 6.07) is 0. The number of rotatable bonds is 1. The van der Waals surface area contributed by atoms with Gasteiger partial charge in [0.1, 0.15) is 11.3 Å². The van der Waals surface area contributed by atoms with Gasteiger partial charge in [0.25, 0.3) is 0 Å². The summed E-state index contributed by atoms with van der Waals surface area (Å²) in [6.45, 7) is 1.51. The van der Waals surface area contributed by atoms with E-state index in [0.717, 1.165) is 18.2 Å². The Labute approximate surface area is 85.3 Å². The Morgan fingerprint density at radius 2 is 2.23 bits per heavy atom. The van der Waals surface area contributed by atoms with Crippen LogP contribution >= 0.6 is 22.9 Å². The van der Waals surface area contributed by atoms with Gasteiger partial charge in [-0.2, -0.15) is 0 Å². The van der Waals surface area contributed by atoms with Crippen LogP contribution in [-0.4, -0.2) is 24.2 Å². The predicted molar refractivity (Wildman–Crippen MR) is 53.5 cm³/mol. The molecular weight excluding hydrogens is 211 g/mol. The van der Waals surface area contributed by atoms with Crippen molar-refractivity contribution in [2.24, 2.45) is 0 Å². The maximum absolute atomic E-state index is 12.8. The number of thiazole rings is 1. The van der Waals surface area contributed by atoms with Gasteiger partial charge in [0.2, 0.25) is 0 Å². The highest BCUT2D eigenvalue weighted by atomic mass is 35.5. The highest BCUT2D eigenvalue weighted by Gasteiger charge is 2.20. The molecule has 0 unspecified atom stereocenters. The fourth-order valence-electron chi connectivity index (χ4n) is 1.43. The molecule has 0 aliphatic carbocycles. The molecule has 1 saturated heterocycles. The molecule has 0 aromatic carbocycles. The minimum atomic E-state index is -0.633. The zero-order chi connectivity index (χ0) is 9.26. The molecule has 2 rings (SSSR count). The van der Waals surface area contributed by atoms with Gasteiger partial charge in [-0.25, -0.2) is 9.37 Å². The van der Waals surface area contributed by atoms with Gasteiger partial charge in [-0.15, -0.1) is 11.3 Å². The third kappa shape index (κ3) is 2.11. The quantitative estimate of drug-likeness (QED) is 0.724. The van der Waals surface area contributed by atoms with Gasteiger partial charge in [-0.05, 0) is 12.8 Å². The first kappa shape index (κ1) is 9.21. The average Bonchev–Trinajstić information content (AvgIpc) is 2.53. The van der Waals surface area contributed by atoms with Gasteiger partial charge in [-0.3, -0.25) is 0 Å². The number of alkyl halides is 1. The highest BCUT2D eigenvalue weighted by Crippen LogP contribution is 2.26. The second kappa shape index (κ2) is 3.80.